The highest BCUT2D eigenvalue weighted by atomic mass is 127. The molecule has 3 N–H and O–H groups in total. The van der Waals surface area contributed by atoms with Gasteiger partial charge in [-0.15, -0.1) is 24.0 Å². The number of aliphatic imine (C=N–C) groups is 1. The van der Waals surface area contributed by atoms with Crippen molar-refractivity contribution in [2.24, 2.45) is 16.6 Å². The molecule has 5 heteroatoms. The molecular weight excluding hydrogens is 365 g/mol. The fourth-order valence-electron chi connectivity index (χ4n) is 2.34. The monoisotopic (exact) mass is 389 g/mol. The number of nitrogens with zero attached hydrogens (tertiary/aromatic N) is 1. The van der Waals surface area contributed by atoms with Crippen molar-refractivity contribution in [3.05, 3.63) is 29.8 Å². The van der Waals surface area contributed by atoms with Crippen LogP contribution in [0.4, 0.5) is 5.69 Å². The molecule has 1 aromatic carbocycles. The fraction of sp³-hybridized carbons (Fsp3) is 0.533. The Labute approximate surface area is 138 Å². The first-order valence-corrected chi connectivity index (χ1v) is 6.91. The van der Waals surface area contributed by atoms with Crippen molar-refractivity contribution in [2.75, 3.05) is 12.4 Å². The third-order valence-corrected chi connectivity index (χ3v) is 3.43. The van der Waals surface area contributed by atoms with Gasteiger partial charge in [0.2, 0.25) is 0 Å². The summed E-state index contributed by atoms with van der Waals surface area (Å²) in [4.78, 5) is 4.53. The predicted octanol–water partition coefficient (Wildman–Crippen LogP) is 3.37. The quantitative estimate of drug-likeness (QED) is 0.446. The summed E-state index contributed by atoms with van der Waals surface area (Å²) in [6.07, 6.45) is 3.65. The van der Waals surface area contributed by atoms with Crippen molar-refractivity contribution in [3.8, 4) is 0 Å². The SMILES string of the molecule is CCCC1CC1N=C(N)Nc1ccccc1COC.I. The van der Waals surface area contributed by atoms with E-state index in [1.54, 1.807) is 7.11 Å². The molecule has 0 aromatic heterocycles. The molecule has 0 saturated heterocycles. The smallest absolute Gasteiger partial charge is 0.193 e. The largest absolute Gasteiger partial charge is 0.380 e. The van der Waals surface area contributed by atoms with Crippen LogP contribution in [0.5, 0.6) is 0 Å². The van der Waals surface area contributed by atoms with Crippen LogP contribution in [0.15, 0.2) is 29.3 Å². The Morgan fingerprint density at radius 2 is 2.20 bits per heavy atom. The van der Waals surface area contributed by atoms with E-state index in [-0.39, 0.29) is 24.0 Å². The van der Waals surface area contributed by atoms with Crippen LogP contribution in [-0.2, 0) is 11.3 Å². The number of methoxy groups -OCH3 is 1. The molecule has 0 heterocycles. The number of nitrogens with two attached hydrogens (primary N) is 1. The Balaban J connectivity index is 0.00000200. The third kappa shape index (κ3) is 4.94. The van der Waals surface area contributed by atoms with Gasteiger partial charge in [0.1, 0.15) is 0 Å². The zero-order valence-electron chi connectivity index (χ0n) is 12.1. The maximum Gasteiger partial charge on any atom is 0.193 e. The number of rotatable bonds is 6. The van der Waals surface area contributed by atoms with Crippen molar-refractivity contribution in [1.29, 1.82) is 0 Å². The highest BCUT2D eigenvalue weighted by Crippen LogP contribution is 2.37. The maximum absolute atomic E-state index is 5.97. The van der Waals surface area contributed by atoms with Crippen molar-refractivity contribution in [2.45, 2.75) is 38.8 Å². The molecule has 20 heavy (non-hydrogen) atoms. The van der Waals surface area contributed by atoms with Gasteiger partial charge in [0.05, 0.1) is 12.6 Å². The van der Waals surface area contributed by atoms with Crippen LogP contribution >= 0.6 is 24.0 Å². The lowest BCUT2D eigenvalue weighted by atomic mass is 10.2. The maximum atomic E-state index is 5.97. The topological polar surface area (TPSA) is 59.6 Å². The summed E-state index contributed by atoms with van der Waals surface area (Å²) in [5, 5.41) is 3.18. The normalized spacial score (nSPS) is 21.2. The van der Waals surface area contributed by atoms with Crippen molar-refractivity contribution < 1.29 is 4.74 Å². The molecule has 1 aliphatic carbocycles. The number of ether oxygens (including phenoxy) is 1. The second kappa shape index (κ2) is 8.46. The van der Waals surface area contributed by atoms with E-state index in [9.17, 15) is 0 Å². The Morgan fingerprint density at radius 3 is 2.90 bits per heavy atom. The summed E-state index contributed by atoms with van der Waals surface area (Å²) in [6.45, 7) is 2.78. The lowest BCUT2D eigenvalue weighted by Crippen LogP contribution is -2.24. The molecule has 0 radical (unpaired) electrons. The summed E-state index contributed by atoms with van der Waals surface area (Å²) in [5.41, 5.74) is 8.03. The number of nitrogens with one attached hydrogen (secondary N) is 1. The number of anilines is 1. The second-order valence-corrected chi connectivity index (χ2v) is 5.08. The number of hydrogen-bond acceptors (Lipinski definition) is 2. The van der Waals surface area contributed by atoms with E-state index in [1.807, 2.05) is 24.3 Å². The first-order chi connectivity index (χ1) is 9.24. The number of guanidine groups is 1. The van der Waals surface area contributed by atoms with Crippen molar-refractivity contribution >= 4 is 35.6 Å². The van der Waals surface area contributed by atoms with Crippen LogP contribution in [0, 0.1) is 5.92 Å². The van der Waals surface area contributed by atoms with Gasteiger partial charge in [-0.2, -0.15) is 0 Å². The van der Waals surface area contributed by atoms with E-state index in [0.717, 1.165) is 17.2 Å². The number of para-hydroxylation sites is 1. The van der Waals surface area contributed by atoms with Crippen LogP contribution in [-0.4, -0.2) is 19.1 Å². The average molecular weight is 389 g/mol. The molecule has 0 amide bonds. The lowest BCUT2D eigenvalue weighted by Gasteiger charge is -2.10. The van der Waals surface area contributed by atoms with E-state index in [2.05, 4.69) is 17.2 Å². The van der Waals surface area contributed by atoms with Gasteiger partial charge in [-0.25, -0.2) is 4.99 Å². The number of halogens is 1. The minimum Gasteiger partial charge on any atom is -0.380 e. The van der Waals surface area contributed by atoms with Crippen LogP contribution in [0.2, 0.25) is 0 Å². The standard InChI is InChI=1S/C15H23N3O.HI/c1-3-6-11-9-14(11)18-15(16)17-13-8-5-4-7-12(13)10-19-2;/h4-5,7-8,11,14H,3,6,9-10H2,1-2H3,(H3,16,17,18);1H. The van der Waals surface area contributed by atoms with Crippen molar-refractivity contribution in [3.63, 3.8) is 0 Å². The molecule has 2 unspecified atom stereocenters. The molecule has 112 valence electrons. The van der Waals surface area contributed by atoms with E-state index in [4.69, 9.17) is 10.5 Å². The molecule has 1 saturated carbocycles. The number of benzene rings is 1. The molecule has 0 bridgehead atoms. The average Bonchev–Trinajstić information content (AvgIpc) is 3.10. The second-order valence-electron chi connectivity index (χ2n) is 5.08. The summed E-state index contributed by atoms with van der Waals surface area (Å²) in [7, 11) is 1.69. The van der Waals surface area contributed by atoms with Crippen molar-refractivity contribution in [1.82, 2.24) is 0 Å². The lowest BCUT2D eigenvalue weighted by molar-refractivity contribution is 0.185. The van der Waals surface area contributed by atoms with Gasteiger partial charge in [0, 0.05) is 18.4 Å². The van der Waals surface area contributed by atoms with Crippen LogP contribution in [0.1, 0.15) is 31.7 Å². The first kappa shape index (κ1) is 17.2. The molecular formula is C15H24IN3O. The summed E-state index contributed by atoms with van der Waals surface area (Å²) >= 11 is 0. The summed E-state index contributed by atoms with van der Waals surface area (Å²) in [6, 6.07) is 8.40. The van der Waals surface area contributed by atoms with Gasteiger partial charge < -0.3 is 15.8 Å². The van der Waals surface area contributed by atoms with E-state index >= 15 is 0 Å². The Morgan fingerprint density at radius 1 is 1.45 bits per heavy atom. The van der Waals surface area contributed by atoms with Gasteiger partial charge in [-0.1, -0.05) is 31.5 Å². The van der Waals surface area contributed by atoms with Gasteiger partial charge in [0.15, 0.2) is 5.96 Å². The third-order valence-electron chi connectivity index (χ3n) is 3.43. The Bertz CT molecular complexity index is 450. The minimum absolute atomic E-state index is 0. The zero-order valence-corrected chi connectivity index (χ0v) is 14.5. The van der Waals surface area contributed by atoms with E-state index in [1.165, 1.54) is 19.3 Å². The molecule has 2 atom stereocenters. The molecule has 1 aliphatic rings. The molecule has 0 aliphatic heterocycles. The van der Waals surface area contributed by atoms with Gasteiger partial charge >= 0.3 is 0 Å². The molecule has 0 spiro atoms. The van der Waals surface area contributed by atoms with Crippen LogP contribution in [0.3, 0.4) is 0 Å². The molecule has 2 rings (SSSR count). The highest BCUT2D eigenvalue weighted by Gasteiger charge is 2.35. The van der Waals surface area contributed by atoms with Gasteiger partial charge in [-0.05, 0) is 24.8 Å². The van der Waals surface area contributed by atoms with Crippen LogP contribution in [0.25, 0.3) is 0 Å². The first-order valence-electron chi connectivity index (χ1n) is 6.91. The predicted molar refractivity (Wildman–Crippen MR) is 94.6 cm³/mol. The summed E-state index contributed by atoms with van der Waals surface area (Å²) in [5.74, 6) is 1.24. The Kier molecular flexibility index (Phi) is 7.29. The Hall–Kier alpha value is -0.820. The van der Waals surface area contributed by atoms with Crippen LogP contribution < -0.4 is 11.1 Å². The molecule has 1 aromatic rings. The minimum atomic E-state index is 0. The van der Waals surface area contributed by atoms with Gasteiger partial charge in [-0.3, -0.25) is 0 Å². The van der Waals surface area contributed by atoms with E-state index < -0.39 is 0 Å². The molecule has 4 nitrogen and oxygen atoms in total. The van der Waals surface area contributed by atoms with Gasteiger partial charge in [0.25, 0.3) is 0 Å². The molecule has 1 fully saturated rings. The fourth-order valence-corrected chi connectivity index (χ4v) is 2.34. The number of hydrogen-bond donors (Lipinski definition) is 2. The highest BCUT2D eigenvalue weighted by molar-refractivity contribution is 14.0. The van der Waals surface area contributed by atoms with E-state index in [0.29, 0.717) is 18.6 Å². The summed E-state index contributed by atoms with van der Waals surface area (Å²) < 4.78 is 5.17. The zero-order chi connectivity index (χ0) is 13.7.